The molecule has 0 saturated carbocycles. The fourth-order valence-electron chi connectivity index (χ4n) is 3.84. The SMILES string of the molecule is CCOc1ccccc1NC(=O)COc1ccc(/C=C2/SC(=O)N(CC(=O)Nc3ccc(C)cc3)C2=O)cc1OC. The second kappa shape index (κ2) is 13.5. The fraction of sp³-hybridized carbons (Fsp3) is 0.200. The average Bonchev–Trinajstić information content (AvgIpc) is 3.21. The normalized spacial score (nSPS) is 13.7. The largest absolute Gasteiger partial charge is 0.493 e. The van der Waals surface area contributed by atoms with E-state index in [1.807, 2.05) is 32.0 Å². The van der Waals surface area contributed by atoms with Crippen LogP contribution < -0.4 is 24.8 Å². The third kappa shape index (κ3) is 7.67. The summed E-state index contributed by atoms with van der Waals surface area (Å²) < 4.78 is 16.6. The van der Waals surface area contributed by atoms with Gasteiger partial charge in [-0.05, 0) is 73.6 Å². The van der Waals surface area contributed by atoms with Crippen molar-refractivity contribution >= 4 is 52.2 Å². The van der Waals surface area contributed by atoms with E-state index in [2.05, 4.69) is 10.6 Å². The van der Waals surface area contributed by atoms with Crippen LogP contribution >= 0.6 is 11.8 Å². The number of methoxy groups -OCH3 is 1. The molecule has 0 aromatic heterocycles. The van der Waals surface area contributed by atoms with Gasteiger partial charge in [-0.2, -0.15) is 0 Å². The summed E-state index contributed by atoms with van der Waals surface area (Å²) in [5, 5.41) is 4.91. The Hall–Kier alpha value is -4.77. The maximum absolute atomic E-state index is 12.9. The summed E-state index contributed by atoms with van der Waals surface area (Å²) in [6.45, 7) is 3.57. The molecule has 1 saturated heterocycles. The maximum Gasteiger partial charge on any atom is 0.294 e. The van der Waals surface area contributed by atoms with Crippen LogP contribution in [0.15, 0.2) is 71.6 Å². The van der Waals surface area contributed by atoms with Gasteiger partial charge in [-0.25, -0.2) is 0 Å². The van der Waals surface area contributed by atoms with Crippen LogP contribution in [0, 0.1) is 6.92 Å². The van der Waals surface area contributed by atoms with Crippen molar-refractivity contribution in [2.45, 2.75) is 13.8 Å². The van der Waals surface area contributed by atoms with Crippen molar-refractivity contribution in [2.75, 3.05) is 37.5 Å². The Labute approximate surface area is 241 Å². The molecule has 3 aromatic rings. The molecule has 0 bridgehead atoms. The number of rotatable bonds is 11. The molecule has 0 aliphatic carbocycles. The van der Waals surface area contributed by atoms with Crippen molar-refractivity contribution < 1.29 is 33.4 Å². The van der Waals surface area contributed by atoms with E-state index in [1.165, 1.54) is 13.2 Å². The molecule has 11 heteroatoms. The van der Waals surface area contributed by atoms with Gasteiger partial charge in [0.05, 0.1) is 24.3 Å². The number of carbonyl (C=O) groups is 4. The first-order valence-corrected chi connectivity index (χ1v) is 13.5. The van der Waals surface area contributed by atoms with Crippen LogP contribution in [0.25, 0.3) is 6.08 Å². The average molecular weight is 576 g/mol. The van der Waals surface area contributed by atoms with Crippen LogP contribution in [0.4, 0.5) is 16.2 Å². The van der Waals surface area contributed by atoms with Gasteiger partial charge in [0, 0.05) is 5.69 Å². The van der Waals surface area contributed by atoms with E-state index >= 15 is 0 Å². The van der Waals surface area contributed by atoms with Crippen LogP contribution in [0.2, 0.25) is 0 Å². The van der Waals surface area contributed by atoms with Crippen LogP contribution in [-0.4, -0.2) is 54.7 Å². The molecule has 0 spiro atoms. The van der Waals surface area contributed by atoms with Crippen molar-refractivity contribution in [2.24, 2.45) is 0 Å². The Morgan fingerprint density at radius 3 is 2.39 bits per heavy atom. The molecule has 0 radical (unpaired) electrons. The monoisotopic (exact) mass is 575 g/mol. The minimum atomic E-state index is -0.567. The minimum Gasteiger partial charge on any atom is -0.493 e. The van der Waals surface area contributed by atoms with Gasteiger partial charge < -0.3 is 24.8 Å². The molecule has 1 aliphatic rings. The summed E-state index contributed by atoms with van der Waals surface area (Å²) in [5.74, 6) is -0.227. The maximum atomic E-state index is 12.9. The summed E-state index contributed by atoms with van der Waals surface area (Å²) in [4.78, 5) is 51.4. The topological polar surface area (TPSA) is 123 Å². The summed E-state index contributed by atoms with van der Waals surface area (Å²) in [5.41, 5.74) is 2.72. The van der Waals surface area contributed by atoms with Gasteiger partial charge in [-0.1, -0.05) is 35.9 Å². The van der Waals surface area contributed by atoms with E-state index in [0.717, 1.165) is 22.2 Å². The fourth-order valence-corrected chi connectivity index (χ4v) is 4.68. The van der Waals surface area contributed by atoms with E-state index in [9.17, 15) is 19.2 Å². The molecule has 41 heavy (non-hydrogen) atoms. The van der Waals surface area contributed by atoms with Crippen molar-refractivity contribution in [3.05, 3.63) is 82.8 Å². The highest BCUT2D eigenvalue weighted by atomic mass is 32.2. The summed E-state index contributed by atoms with van der Waals surface area (Å²) in [7, 11) is 1.45. The minimum absolute atomic E-state index is 0.168. The van der Waals surface area contributed by atoms with E-state index in [-0.39, 0.29) is 17.4 Å². The zero-order chi connectivity index (χ0) is 29.4. The van der Waals surface area contributed by atoms with Gasteiger partial charge >= 0.3 is 0 Å². The van der Waals surface area contributed by atoms with E-state index in [0.29, 0.717) is 40.8 Å². The predicted molar refractivity (Wildman–Crippen MR) is 157 cm³/mol. The summed E-state index contributed by atoms with van der Waals surface area (Å²) >= 11 is 0.747. The number of hydrogen-bond donors (Lipinski definition) is 2. The first kappa shape index (κ1) is 29.2. The van der Waals surface area contributed by atoms with Crippen molar-refractivity contribution in [1.82, 2.24) is 4.90 Å². The van der Waals surface area contributed by atoms with Crippen molar-refractivity contribution in [3.63, 3.8) is 0 Å². The zero-order valence-electron chi connectivity index (χ0n) is 22.8. The molecular formula is C30H29N3O7S. The van der Waals surface area contributed by atoms with Gasteiger partial charge in [0.1, 0.15) is 12.3 Å². The number of nitrogens with one attached hydrogen (secondary N) is 2. The highest BCUT2D eigenvalue weighted by Gasteiger charge is 2.36. The Morgan fingerprint density at radius 2 is 1.66 bits per heavy atom. The van der Waals surface area contributed by atoms with Crippen molar-refractivity contribution in [1.29, 1.82) is 0 Å². The first-order chi connectivity index (χ1) is 19.8. The lowest BCUT2D eigenvalue weighted by Crippen LogP contribution is -2.36. The molecule has 2 N–H and O–H groups in total. The second-order valence-corrected chi connectivity index (χ2v) is 9.85. The van der Waals surface area contributed by atoms with Gasteiger partial charge in [0.2, 0.25) is 5.91 Å². The highest BCUT2D eigenvalue weighted by molar-refractivity contribution is 8.18. The molecule has 4 rings (SSSR count). The molecule has 10 nitrogen and oxygen atoms in total. The lowest BCUT2D eigenvalue weighted by Gasteiger charge is -2.13. The predicted octanol–water partition coefficient (Wildman–Crippen LogP) is 5.09. The zero-order valence-corrected chi connectivity index (χ0v) is 23.6. The van der Waals surface area contributed by atoms with Gasteiger partial charge in [-0.3, -0.25) is 24.1 Å². The quantitative estimate of drug-likeness (QED) is 0.303. The molecule has 1 aliphatic heterocycles. The number of imide groups is 1. The lowest BCUT2D eigenvalue weighted by atomic mass is 10.2. The molecular weight excluding hydrogens is 546 g/mol. The smallest absolute Gasteiger partial charge is 0.294 e. The van der Waals surface area contributed by atoms with E-state index in [1.54, 1.807) is 48.5 Å². The first-order valence-electron chi connectivity index (χ1n) is 12.7. The molecule has 3 aromatic carbocycles. The van der Waals surface area contributed by atoms with E-state index in [4.69, 9.17) is 14.2 Å². The molecule has 212 valence electrons. The number of aryl methyl sites for hydroxylation is 1. The van der Waals surface area contributed by atoms with Gasteiger partial charge in [0.25, 0.3) is 17.1 Å². The number of thioether (sulfide) groups is 1. The Morgan fingerprint density at radius 1 is 0.902 bits per heavy atom. The molecule has 0 atom stereocenters. The van der Waals surface area contributed by atoms with Crippen LogP contribution in [0.3, 0.4) is 0 Å². The molecule has 4 amide bonds. The van der Waals surface area contributed by atoms with Crippen LogP contribution in [0.1, 0.15) is 18.1 Å². The van der Waals surface area contributed by atoms with Gasteiger partial charge in [0.15, 0.2) is 18.1 Å². The number of nitrogens with zero attached hydrogens (tertiary/aromatic N) is 1. The number of benzene rings is 3. The number of hydrogen-bond acceptors (Lipinski definition) is 8. The number of ether oxygens (including phenoxy) is 3. The molecule has 0 unspecified atom stereocenters. The summed E-state index contributed by atoms with van der Waals surface area (Å²) in [6, 6.07) is 19.2. The van der Waals surface area contributed by atoms with Crippen molar-refractivity contribution in [3.8, 4) is 17.2 Å². The third-order valence-electron chi connectivity index (χ3n) is 5.82. The summed E-state index contributed by atoms with van der Waals surface area (Å²) in [6.07, 6.45) is 1.53. The lowest BCUT2D eigenvalue weighted by molar-refractivity contribution is -0.127. The number of carbonyl (C=O) groups excluding carboxylic acids is 4. The number of anilines is 2. The van der Waals surface area contributed by atoms with Gasteiger partial charge in [-0.15, -0.1) is 0 Å². The number of amides is 4. The second-order valence-electron chi connectivity index (χ2n) is 8.86. The molecule has 1 fully saturated rings. The Kier molecular flexibility index (Phi) is 9.64. The van der Waals surface area contributed by atoms with E-state index < -0.39 is 23.6 Å². The Balaban J connectivity index is 1.37. The highest BCUT2D eigenvalue weighted by Crippen LogP contribution is 2.34. The number of para-hydroxylation sites is 2. The van der Waals surface area contributed by atoms with Crippen LogP contribution in [0.5, 0.6) is 17.2 Å². The third-order valence-corrected chi connectivity index (χ3v) is 6.72. The standard InChI is InChI=1S/C30H29N3O7S/c1-4-39-23-8-6-5-7-22(23)32-28(35)18-40-24-14-11-20(15-25(24)38-3)16-26-29(36)33(30(37)41-26)17-27(34)31-21-12-9-19(2)10-13-21/h5-16H,4,17-18H2,1-3H3,(H,31,34)(H,32,35)/b26-16+. The van der Waals surface area contributed by atoms with Crippen LogP contribution in [-0.2, 0) is 14.4 Å². The molecule has 1 heterocycles. The Bertz CT molecular complexity index is 1490.